The molecule has 1 amide bonds. The van der Waals surface area contributed by atoms with Crippen LogP contribution in [0.15, 0.2) is 30.5 Å². The molecule has 0 aromatic heterocycles. The van der Waals surface area contributed by atoms with E-state index in [4.69, 9.17) is 4.74 Å². The Bertz CT molecular complexity index is 469. The van der Waals surface area contributed by atoms with Gasteiger partial charge in [-0.1, -0.05) is 32.9 Å². The van der Waals surface area contributed by atoms with Crippen LogP contribution in [0.3, 0.4) is 0 Å². The summed E-state index contributed by atoms with van der Waals surface area (Å²) in [6.07, 6.45) is 3.37. The van der Waals surface area contributed by atoms with Crippen LogP contribution in [0.2, 0.25) is 0 Å². The summed E-state index contributed by atoms with van der Waals surface area (Å²) in [6.45, 7) is 6.63. The van der Waals surface area contributed by atoms with Crippen LogP contribution in [-0.2, 0) is 4.79 Å². The topological polar surface area (TPSA) is 70.6 Å². The second-order valence-corrected chi connectivity index (χ2v) is 5.35. The molecule has 1 atom stereocenters. The van der Waals surface area contributed by atoms with Gasteiger partial charge in [0.15, 0.2) is 0 Å². The lowest BCUT2D eigenvalue weighted by molar-refractivity contribution is -0.119. The number of ether oxygens (including phenoxy) is 1. The van der Waals surface area contributed by atoms with Crippen molar-refractivity contribution >= 4 is 12.0 Å². The molecule has 122 valence electrons. The highest BCUT2D eigenvalue weighted by Gasteiger charge is 2.05. The van der Waals surface area contributed by atoms with Gasteiger partial charge in [-0.05, 0) is 23.8 Å². The van der Waals surface area contributed by atoms with Crippen LogP contribution in [-0.4, -0.2) is 36.3 Å². The summed E-state index contributed by atoms with van der Waals surface area (Å²) < 4.78 is 5.53. The highest BCUT2D eigenvalue weighted by atomic mass is 16.5. The summed E-state index contributed by atoms with van der Waals surface area (Å²) in [7, 11) is 0. The zero-order valence-corrected chi connectivity index (χ0v) is 13.5. The monoisotopic (exact) mass is 306 g/mol. The third kappa shape index (κ3) is 7.81. The molecular weight excluding hydrogens is 280 g/mol. The molecule has 0 aliphatic rings. The molecule has 1 aromatic rings. The standard InChI is InChI=1S/C17H26N2O3/c1-4-17(21)18-10-9-14-5-7-16(8-6-14)22-12-15(20)11-19-13(2)3/h5-10,13,15,19-20H,4,11-12H2,1-3H3,(H,18,21)/b10-9+. The molecule has 1 unspecified atom stereocenters. The highest BCUT2D eigenvalue weighted by molar-refractivity contribution is 5.77. The van der Waals surface area contributed by atoms with Gasteiger partial charge in [0.1, 0.15) is 18.5 Å². The molecule has 0 heterocycles. The largest absolute Gasteiger partial charge is 0.491 e. The van der Waals surface area contributed by atoms with E-state index >= 15 is 0 Å². The maximum absolute atomic E-state index is 11.1. The molecule has 22 heavy (non-hydrogen) atoms. The van der Waals surface area contributed by atoms with E-state index in [1.807, 2.05) is 44.2 Å². The quantitative estimate of drug-likeness (QED) is 0.652. The van der Waals surface area contributed by atoms with E-state index in [1.54, 1.807) is 13.1 Å². The van der Waals surface area contributed by atoms with Gasteiger partial charge in [-0.15, -0.1) is 0 Å². The van der Waals surface area contributed by atoms with Crippen molar-refractivity contribution in [2.45, 2.75) is 39.3 Å². The molecule has 3 N–H and O–H groups in total. The molecule has 0 saturated carbocycles. The molecule has 1 rings (SSSR count). The molecule has 0 fully saturated rings. The third-order valence-corrected chi connectivity index (χ3v) is 2.93. The van der Waals surface area contributed by atoms with E-state index in [0.717, 1.165) is 5.56 Å². The first kappa shape index (κ1) is 18.2. The fraction of sp³-hybridized carbons (Fsp3) is 0.471. The van der Waals surface area contributed by atoms with Crippen molar-refractivity contribution in [3.8, 4) is 5.75 Å². The minimum Gasteiger partial charge on any atom is -0.491 e. The fourth-order valence-electron chi connectivity index (χ4n) is 1.63. The number of aliphatic hydroxyl groups is 1. The number of aliphatic hydroxyl groups excluding tert-OH is 1. The van der Waals surface area contributed by atoms with Gasteiger partial charge in [-0.25, -0.2) is 0 Å². The number of carbonyl (C=O) groups is 1. The summed E-state index contributed by atoms with van der Waals surface area (Å²) in [5.74, 6) is 0.693. The van der Waals surface area contributed by atoms with Gasteiger partial charge >= 0.3 is 0 Å². The van der Waals surface area contributed by atoms with Crippen LogP contribution in [0, 0.1) is 0 Å². The van der Waals surface area contributed by atoms with Crippen LogP contribution >= 0.6 is 0 Å². The Hall–Kier alpha value is -1.85. The average molecular weight is 306 g/mol. The van der Waals surface area contributed by atoms with Gasteiger partial charge in [-0.3, -0.25) is 4.79 Å². The third-order valence-electron chi connectivity index (χ3n) is 2.93. The summed E-state index contributed by atoms with van der Waals surface area (Å²) in [4.78, 5) is 11.1. The van der Waals surface area contributed by atoms with Crippen molar-refractivity contribution in [1.29, 1.82) is 0 Å². The maximum atomic E-state index is 11.1. The van der Waals surface area contributed by atoms with Crippen LogP contribution < -0.4 is 15.4 Å². The molecule has 0 aliphatic carbocycles. The first-order chi connectivity index (χ1) is 10.5. The Morgan fingerprint density at radius 3 is 2.59 bits per heavy atom. The first-order valence-electron chi connectivity index (χ1n) is 7.61. The van der Waals surface area contributed by atoms with E-state index < -0.39 is 6.10 Å². The smallest absolute Gasteiger partial charge is 0.223 e. The van der Waals surface area contributed by atoms with Gasteiger partial charge in [0.05, 0.1) is 0 Å². The van der Waals surface area contributed by atoms with Crippen molar-refractivity contribution in [2.24, 2.45) is 0 Å². The molecule has 0 spiro atoms. The van der Waals surface area contributed by atoms with Crippen LogP contribution in [0.4, 0.5) is 0 Å². The predicted molar refractivity (Wildman–Crippen MR) is 88.6 cm³/mol. The number of hydrogen-bond acceptors (Lipinski definition) is 4. The van der Waals surface area contributed by atoms with Crippen molar-refractivity contribution < 1.29 is 14.6 Å². The lowest BCUT2D eigenvalue weighted by Crippen LogP contribution is -2.35. The number of benzene rings is 1. The Labute approximate surface area is 132 Å². The molecule has 1 aromatic carbocycles. The minimum absolute atomic E-state index is 0.0137. The lowest BCUT2D eigenvalue weighted by Gasteiger charge is -2.15. The van der Waals surface area contributed by atoms with Crippen LogP contribution in [0.25, 0.3) is 6.08 Å². The summed E-state index contributed by atoms with van der Waals surface area (Å²) >= 11 is 0. The molecular formula is C17H26N2O3. The number of amides is 1. The number of nitrogens with one attached hydrogen (secondary N) is 2. The normalized spacial score (nSPS) is 12.6. The second-order valence-electron chi connectivity index (χ2n) is 5.35. The molecule has 0 bridgehead atoms. The number of rotatable bonds is 9. The Morgan fingerprint density at radius 1 is 1.32 bits per heavy atom. The summed E-state index contributed by atoms with van der Waals surface area (Å²) in [5.41, 5.74) is 0.964. The van der Waals surface area contributed by atoms with E-state index in [-0.39, 0.29) is 12.5 Å². The Kier molecular flexibility index (Phi) is 8.25. The number of hydrogen-bond donors (Lipinski definition) is 3. The lowest BCUT2D eigenvalue weighted by atomic mass is 10.2. The van der Waals surface area contributed by atoms with E-state index in [9.17, 15) is 9.90 Å². The van der Waals surface area contributed by atoms with Gasteiger partial charge in [0.2, 0.25) is 5.91 Å². The molecule has 5 heteroatoms. The SMILES string of the molecule is CCC(=O)N/C=C/c1ccc(OCC(O)CNC(C)C)cc1. The van der Waals surface area contributed by atoms with E-state index in [1.165, 1.54) is 0 Å². The van der Waals surface area contributed by atoms with Crippen molar-refractivity contribution in [3.05, 3.63) is 36.0 Å². The Balaban J connectivity index is 2.37. The summed E-state index contributed by atoms with van der Waals surface area (Å²) in [6, 6.07) is 7.80. The van der Waals surface area contributed by atoms with Crippen molar-refractivity contribution in [2.75, 3.05) is 13.2 Å². The maximum Gasteiger partial charge on any atom is 0.223 e. The molecule has 0 radical (unpaired) electrons. The molecule has 0 aliphatic heterocycles. The zero-order chi connectivity index (χ0) is 16.4. The molecule has 0 saturated heterocycles. The van der Waals surface area contributed by atoms with Gasteiger partial charge in [-0.2, -0.15) is 0 Å². The predicted octanol–water partition coefficient (Wildman–Crippen LogP) is 1.92. The minimum atomic E-state index is -0.536. The van der Waals surface area contributed by atoms with Crippen LogP contribution in [0.1, 0.15) is 32.8 Å². The van der Waals surface area contributed by atoms with Crippen molar-refractivity contribution in [1.82, 2.24) is 10.6 Å². The second kappa shape index (κ2) is 9.97. The fourth-order valence-corrected chi connectivity index (χ4v) is 1.63. The van der Waals surface area contributed by atoms with E-state index in [0.29, 0.717) is 24.8 Å². The van der Waals surface area contributed by atoms with Gasteiger partial charge in [0, 0.05) is 25.2 Å². The zero-order valence-electron chi connectivity index (χ0n) is 13.5. The van der Waals surface area contributed by atoms with Crippen LogP contribution in [0.5, 0.6) is 5.75 Å². The van der Waals surface area contributed by atoms with Gasteiger partial charge in [0.25, 0.3) is 0 Å². The average Bonchev–Trinajstić information content (AvgIpc) is 2.51. The first-order valence-corrected chi connectivity index (χ1v) is 7.61. The summed E-state index contributed by atoms with van der Waals surface area (Å²) in [5, 5.41) is 15.6. The molecule has 5 nitrogen and oxygen atoms in total. The highest BCUT2D eigenvalue weighted by Crippen LogP contribution is 2.13. The van der Waals surface area contributed by atoms with Crippen molar-refractivity contribution in [3.63, 3.8) is 0 Å². The van der Waals surface area contributed by atoms with Gasteiger partial charge < -0.3 is 20.5 Å². The number of carbonyl (C=O) groups excluding carboxylic acids is 1. The van der Waals surface area contributed by atoms with E-state index in [2.05, 4.69) is 10.6 Å². The Morgan fingerprint density at radius 2 is 2.00 bits per heavy atom.